The van der Waals surface area contributed by atoms with Crippen LogP contribution in [0.3, 0.4) is 0 Å². The van der Waals surface area contributed by atoms with Crippen LogP contribution in [0.4, 0.5) is 13.2 Å². The number of aromatic nitrogens is 1. The van der Waals surface area contributed by atoms with Crippen LogP contribution in [0.5, 0.6) is 5.75 Å². The molecule has 0 radical (unpaired) electrons. The smallest absolute Gasteiger partial charge is 0.172 e. The quantitative estimate of drug-likeness (QED) is 0.409. The van der Waals surface area contributed by atoms with Gasteiger partial charge in [-0.3, -0.25) is 0 Å². The molecule has 0 N–H and O–H groups in total. The summed E-state index contributed by atoms with van der Waals surface area (Å²) in [5.74, 6) is -2.63. The Morgan fingerprint density at radius 2 is 1.65 bits per heavy atom. The fourth-order valence-corrected chi connectivity index (χ4v) is 3.76. The number of hydrogen-bond donors (Lipinski definition) is 0. The Balaban J connectivity index is 1.86. The van der Waals surface area contributed by atoms with Crippen molar-refractivity contribution >= 4 is 21.6 Å². The number of ether oxygens (including phenoxy) is 1. The van der Waals surface area contributed by atoms with Gasteiger partial charge in [-0.2, -0.15) is 0 Å². The van der Waals surface area contributed by atoms with Gasteiger partial charge in [-0.15, -0.1) is 11.3 Å². The van der Waals surface area contributed by atoms with E-state index in [0.717, 1.165) is 22.1 Å². The molecule has 0 amide bonds. The Bertz CT molecular complexity index is 1070. The van der Waals surface area contributed by atoms with Crippen LogP contribution < -0.4 is 4.74 Å². The van der Waals surface area contributed by atoms with E-state index in [0.29, 0.717) is 16.8 Å². The number of halogens is 3. The van der Waals surface area contributed by atoms with Crippen molar-refractivity contribution in [1.29, 1.82) is 0 Å². The summed E-state index contributed by atoms with van der Waals surface area (Å²) in [6, 6.07) is 14.4. The SMILES string of the molecule is COc1ccc(-c2cc(F)c(-c3nc4ccccc4s3)c(F)c2F)cc1. The number of rotatable bonds is 3. The molecule has 26 heavy (non-hydrogen) atoms. The third-order valence-electron chi connectivity index (χ3n) is 4.07. The zero-order valence-corrected chi connectivity index (χ0v) is 14.4. The monoisotopic (exact) mass is 371 g/mol. The van der Waals surface area contributed by atoms with Crippen molar-refractivity contribution in [2.75, 3.05) is 7.11 Å². The van der Waals surface area contributed by atoms with Crippen molar-refractivity contribution in [2.24, 2.45) is 0 Å². The summed E-state index contributed by atoms with van der Waals surface area (Å²) in [4.78, 5) is 4.23. The number of nitrogens with zero attached hydrogens (tertiary/aromatic N) is 1. The molecule has 0 bridgehead atoms. The first-order valence-electron chi connectivity index (χ1n) is 7.76. The highest BCUT2D eigenvalue weighted by molar-refractivity contribution is 7.21. The molecule has 0 spiro atoms. The largest absolute Gasteiger partial charge is 0.497 e. The fraction of sp³-hybridized carbons (Fsp3) is 0.0500. The van der Waals surface area contributed by atoms with Crippen molar-refractivity contribution in [3.63, 3.8) is 0 Å². The van der Waals surface area contributed by atoms with Gasteiger partial charge >= 0.3 is 0 Å². The first-order chi connectivity index (χ1) is 12.6. The van der Waals surface area contributed by atoms with Gasteiger partial charge in [0.2, 0.25) is 0 Å². The second-order valence-electron chi connectivity index (χ2n) is 5.62. The molecular formula is C20H12F3NOS. The molecule has 0 saturated heterocycles. The van der Waals surface area contributed by atoms with Crippen LogP contribution in [0.2, 0.25) is 0 Å². The second-order valence-corrected chi connectivity index (χ2v) is 6.65. The predicted molar refractivity (Wildman–Crippen MR) is 96.9 cm³/mol. The lowest BCUT2D eigenvalue weighted by Crippen LogP contribution is -1.98. The van der Waals surface area contributed by atoms with Crippen LogP contribution >= 0.6 is 11.3 Å². The van der Waals surface area contributed by atoms with Crippen molar-refractivity contribution < 1.29 is 17.9 Å². The Kier molecular flexibility index (Phi) is 4.12. The number of methoxy groups -OCH3 is 1. The van der Waals surface area contributed by atoms with Crippen LogP contribution in [0, 0.1) is 17.5 Å². The zero-order chi connectivity index (χ0) is 18.3. The number of hydrogen-bond acceptors (Lipinski definition) is 3. The molecule has 4 aromatic rings. The maximum Gasteiger partial charge on any atom is 0.172 e. The van der Waals surface area contributed by atoms with Crippen LogP contribution in [0.15, 0.2) is 54.6 Å². The summed E-state index contributed by atoms with van der Waals surface area (Å²) in [7, 11) is 1.50. The van der Waals surface area contributed by atoms with Gasteiger partial charge in [-0.25, -0.2) is 18.2 Å². The molecule has 0 fully saturated rings. The summed E-state index contributed by atoms with van der Waals surface area (Å²) in [6.45, 7) is 0. The average Bonchev–Trinajstić information content (AvgIpc) is 3.08. The van der Waals surface area contributed by atoms with E-state index in [1.807, 2.05) is 6.07 Å². The first-order valence-corrected chi connectivity index (χ1v) is 8.58. The third kappa shape index (κ3) is 2.72. The van der Waals surface area contributed by atoms with E-state index in [2.05, 4.69) is 4.98 Å². The molecule has 0 saturated carbocycles. The standard InChI is InChI=1S/C20H12F3NOS/c1-25-12-8-6-11(7-9-12)13-10-14(21)17(19(23)18(13)22)20-24-15-4-2-3-5-16(15)26-20/h2-10H,1H3. The molecule has 6 heteroatoms. The molecule has 1 heterocycles. The van der Waals surface area contributed by atoms with E-state index in [1.165, 1.54) is 7.11 Å². The van der Waals surface area contributed by atoms with Gasteiger partial charge in [0, 0.05) is 5.56 Å². The summed E-state index contributed by atoms with van der Waals surface area (Å²) >= 11 is 1.12. The number of para-hydroxylation sites is 1. The minimum atomic E-state index is -1.24. The van der Waals surface area contributed by atoms with Gasteiger partial charge in [0.15, 0.2) is 11.6 Å². The summed E-state index contributed by atoms with van der Waals surface area (Å²) < 4.78 is 49.8. The van der Waals surface area contributed by atoms with E-state index >= 15 is 0 Å². The molecule has 3 aromatic carbocycles. The summed E-state index contributed by atoms with van der Waals surface area (Å²) in [5, 5.41) is 0.112. The molecular weight excluding hydrogens is 359 g/mol. The molecule has 0 aliphatic heterocycles. The number of thiazole rings is 1. The van der Waals surface area contributed by atoms with Gasteiger partial charge in [-0.1, -0.05) is 24.3 Å². The molecule has 0 unspecified atom stereocenters. The number of fused-ring (bicyclic) bond motifs is 1. The van der Waals surface area contributed by atoms with E-state index in [9.17, 15) is 13.2 Å². The van der Waals surface area contributed by atoms with Gasteiger partial charge in [0.1, 0.15) is 16.6 Å². The van der Waals surface area contributed by atoms with E-state index in [1.54, 1.807) is 42.5 Å². The third-order valence-corrected chi connectivity index (χ3v) is 5.12. The summed E-state index contributed by atoms with van der Waals surface area (Å²) in [5.41, 5.74) is 0.386. The maximum atomic E-state index is 14.7. The highest BCUT2D eigenvalue weighted by Gasteiger charge is 2.23. The van der Waals surface area contributed by atoms with Crippen LogP contribution in [-0.2, 0) is 0 Å². The van der Waals surface area contributed by atoms with Crippen LogP contribution in [0.25, 0.3) is 31.9 Å². The van der Waals surface area contributed by atoms with Gasteiger partial charge in [0.05, 0.1) is 22.9 Å². The van der Waals surface area contributed by atoms with Gasteiger partial charge in [-0.05, 0) is 35.9 Å². The fourth-order valence-electron chi connectivity index (χ4n) is 2.75. The van der Waals surface area contributed by atoms with Gasteiger partial charge < -0.3 is 4.74 Å². The van der Waals surface area contributed by atoms with E-state index < -0.39 is 23.0 Å². The molecule has 0 atom stereocenters. The normalized spacial score (nSPS) is 11.1. The number of benzene rings is 3. The van der Waals surface area contributed by atoms with E-state index in [-0.39, 0.29) is 10.6 Å². The van der Waals surface area contributed by atoms with Crippen LogP contribution in [0.1, 0.15) is 0 Å². The molecule has 4 rings (SSSR count). The van der Waals surface area contributed by atoms with Crippen LogP contribution in [-0.4, -0.2) is 12.1 Å². The lowest BCUT2D eigenvalue weighted by molar-refractivity contribution is 0.415. The predicted octanol–water partition coefficient (Wildman–Crippen LogP) is 6.06. The Labute approximate surface area is 151 Å². The lowest BCUT2D eigenvalue weighted by atomic mass is 10.0. The zero-order valence-electron chi connectivity index (χ0n) is 13.6. The first kappa shape index (κ1) is 16.6. The molecule has 0 aliphatic carbocycles. The molecule has 130 valence electrons. The molecule has 2 nitrogen and oxygen atoms in total. The highest BCUT2D eigenvalue weighted by atomic mass is 32.1. The minimum Gasteiger partial charge on any atom is -0.497 e. The minimum absolute atomic E-state index is 0.112. The molecule has 1 aromatic heterocycles. The second kappa shape index (κ2) is 6.46. The summed E-state index contributed by atoms with van der Waals surface area (Å²) in [6.07, 6.45) is 0. The van der Waals surface area contributed by atoms with E-state index in [4.69, 9.17) is 4.74 Å². The Morgan fingerprint density at radius 3 is 2.35 bits per heavy atom. The van der Waals surface area contributed by atoms with Crippen molar-refractivity contribution in [2.45, 2.75) is 0 Å². The maximum absolute atomic E-state index is 14.7. The van der Waals surface area contributed by atoms with Crippen molar-refractivity contribution in [1.82, 2.24) is 4.98 Å². The van der Waals surface area contributed by atoms with Crippen molar-refractivity contribution in [3.05, 3.63) is 72.0 Å². The van der Waals surface area contributed by atoms with Gasteiger partial charge in [0.25, 0.3) is 0 Å². The lowest BCUT2D eigenvalue weighted by Gasteiger charge is -2.09. The Morgan fingerprint density at radius 1 is 0.923 bits per heavy atom. The highest BCUT2D eigenvalue weighted by Crippen LogP contribution is 2.37. The van der Waals surface area contributed by atoms with Crippen molar-refractivity contribution in [3.8, 4) is 27.4 Å². The molecule has 0 aliphatic rings. The topological polar surface area (TPSA) is 22.1 Å². The Hall–Kier alpha value is -2.86. The average molecular weight is 371 g/mol.